The Kier molecular flexibility index (Phi) is 4.62. The second-order valence-electron chi connectivity index (χ2n) is 5.19. The lowest BCUT2D eigenvalue weighted by molar-refractivity contribution is 0.195. The van der Waals surface area contributed by atoms with Crippen LogP contribution in [-0.4, -0.2) is 35.1 Å². The van der Waals surface area contributed by atoms with Gasteiger partial charge in [-0.3, -0.25) is 4.98 Å². The van der Waals surface area contributed by atoms with Gasteiger partial charge < -0.3 is 15.0 Å². The van der Waals surface area contributed by atoms with Crippen molar-refractivity contribution in [2.24, 2.45) is 0 Å². The molecule has 1 aliphatic rings. The first-order chi connectivity index (χ1) is 11.1. The fourth-order valence-corrected chi connectivity index (χ4v) is 2.58. The molecular formula is C16H15ClFN3O2. The molecule has 1 fully saturated rings. The molecule has 1 N–H and O–H groups in total. The lowest BCUT2D eigenvalue weighted by Crippen LogP contribution is -2.34. The number of urea groups is 1. The largest absolute Gasteiger partial charge is 0.487 e. The van der Waals surface area contributed by atoms with Crippen molar-refractivity contribution in [2.75, 3.05) is 18.4 Å². The Bertz CT molecular complexity index is 713. The summed E-state index contributed by atoms with van der Waals surface area (Å²) in [7, 11) is 0. The van der Waals surface area contributed by atoms with Gasteiger partial charge >= 0.3 is 6.03 Å². The highest BCUT2D eigenvalue weighted by Gasteiger charge is 2.28. The third-order valence-corrected chi connectivity index (χ3v) is 3.89. The summed E-state index contributed by atoms with van der Waals surface area (Å²) in [4.78, 5) is 17.4. The maximum atomic E-state index is 13.5. The first-order valence-electron chi connectivity index (χ1n) is 7.20. The van der Waals surface area contributed by atoms with Crippen molar-refractivity contribution < 1.29 is 13.9 Å². The molecule has 1 aromatic heterocycles. The minimum atomic E-state index is -0.566. The van der Waals surface area contributed by atoms with Gasteiger partial charge in [-0.2, -0.15) is 0 Å². The summed E-state index contributed by atoms with van der Waals surface area (Å²) in [6.07, 6.45) is 3.04. The van der Waals surface area contributed by atoms with Crippen LogP contribution in [0.4, 0.5) is 14.9 Å². The minimum absolute atomic E-state index is 0.112. The van der Waals surface area contributed by atoms with E-state index in [0.29, 0.717) is 30.3 Å². The van der Waals surface area contributed by atoms with Crippen LogP contribution < -0.4 is 10.1 Å². The SMILES string of the molecule is O=C(Nc1ccncc1F)N1CC[C@H](Oc2ccccc2Cl)C1. The summed E-state index contributed by atoms with van der Waals surface area (Å²) in [5, 5.41) is 3.07. The molecule has 0 bridgehead atoms. The number of nitrogens with one attached hydrogen (secondary N) is 1. The Balaban J connectivity index is 1.58. The van der Waals surface area contributed by atoms with Gasteiger partial charge in [0.2, 0.25) is 0 Å². The molecule has 0 saturated carbocycles. The zero-order chi connectivity index (χ0) is 16.2. The molecule has 1 aliphatic heterocycles. The summed E-state index contributed by atoms with van der Waals surface area (Å²) in [5.41, 5.74) is 0.112. The quantitative estimate of drug-likeness (QED) is 0.933. The zero-order valence-corrected chi connectivity index (χ0v) is 13.0. The van der Waals surface area contributed by atoms with Crippen molar-refractivity contribution in [3.05, 3.63) is 53.6 Å². The lowest BCUT2D eigenvalue weighted by Gasteiger charge is -2.18. The summed E-state index contributed by atoms with van der Waals surface area (Å²) in [6.45, 7) is 0.956. The van der Waals surface area contributed by atoms with Gasteiger partial charge in [-0.25, -0.2) is 9.18 Å². The predicted octanol–water partition coefficient (Wildman–Crippen LogP) is 3.56. The van der Waals surface area contributed by atoms with E-state index in [0.717, 1.165) is 6.20 Å². The Hall–Kier alpha value is -2.34. The number of hydrogen-bond donors (Lipinski definition) is 1. The van der Waals surface area contributed by atoms with Crippen LogP contribution in [0.1, 0.15) is 6.42 Å². The number of aromatic nitrogens is 1. The summed E-state index contributed by atoms with van der Waals surface area (Å²) >= 11 is 6.06. The third-order valence-electron chi connectivity index (χ3n) is 3.58. The van der Waals surface area contributed by atoms with Gasteiger partial charge in [0.1, 0.15) is 11.9 Å². The van der Waals surface area contributed by atoms with Crippen molar-refractivity contribution in [2.45, 2.75) is 12.5 Å². The first-order valence-corrected chi connectivity index (χ1v) is 7.58. The van der Waals surface area contributed by atoms with Crippen molar-refractivity contribution >= 4 is 23.3 Å². The number of carbonyl (C=O) groups excluding carboxylic acids is 1. The van der Waals surface area contributed by atoms with Gasteiger partial charge in [0.25, 0.3) is 0 Å². The maximum Gasteiger partial charge on any atom is 0.322 e. The summed E-state index contributed by atoms with van der Waals surface area (Å²) in [5.74, 6) is 0.0329. The van der Waals surface area contributed by atoms with Crippen LogP contribution in [0, 0.1) is 5.82 Å². The minimum Gasteiger partial charge on any atom is -0.487 e. The molecule has 2 amide bonds. The normalized spacial score (nSPS) is 17.1. The number of amides is 2. The average molecular weight is 336 g/mol. The van der Waals surface area contributed by atoms with E-state index in [1.165, 1.54) is 12.3 Å². The number of hydrogen-bond acceptors (Lipinski definition) is 3. The van der Waals surface area contributed by atoms with E-state index in [9.17, 15) is 9.18 Å². The van der Waals surface area contributed by atoms with Crippen molar-refractivity contribution in [1.29, 1.82) is 0 Å². The second-order valence-corrected chi connectivity index (χ2v) is 5.60. The van der Waals surface area contributed by atoms with Crippen LogP contribution in [0.2, 0.25) is 5.02 Å². The van der Waals surface area contributed by atoms with Crippen LogP contribution in [0.5, 0.6) is 5.75 Å². The van der Waals surface area contributed by atoms with Crippen LogP contribution in [0.3, 0.4) is 0 Å². The van der Waals surface area contributed by atoms with Gasteiger partial charge in [0.15, 0.2) is 5.82 Å². The first kappa shape index (κ1) is 15.6. The number of halogens is 2. The number of anilines is 1. The number of rotatable bonds is 3. The van der Waals surface area contributed by atoms with Gasteiger partial charge in [0, 0.05) is 19.2 Å². The Morgan fingerprint density at radius 3 is 3.00 bits per heavy atom. The second kappa shape index (κ2) is 6.83. The number of ether oxygens (including phenoxy) is 1. The molecular weight excluding hydrogens is 321 g/mol. The molecule has 23 heavy (non-hydrogen) atoms. The standard InChI is InChI=1S/C16H15ClFN3O2/c17-12-3-1-2-4-15(12)23-11-6-8-21(10-11)16(22)20-14-5-7-19-9-13(14)18/h1-5,7,9,11H,6,8,10H2,(H,19,20,22)/t11-/m0/s1. The molecule has 120 valence electrons. The number of nitrogens with zero attached hydrogens (tertiary/aromatic N) is 2. The van der Waals surface area contributed by atoms with Gasteiger partial charge in [-0.05, 0) is 18.2 Å². The molecule has 2 aromatic rings. The fourth-order valence-electron chi connectivity index (χ4n) is 2.40. The zero-order valence-electron chi connectivity index (χ0n) is 12.2. The topological polar surface area (TPSA) is 54.5 Å². The molecule has 1 aromatic carbocycles. The van der Waals surface area contributed by atoms with E-state index in [-0.39, 0.29) is 17.8 Å². The van der Waals surface area contributed by atoms with E-state index in [4.69, 9.17) is 16.3 Å². The van der Waals surface area contributed by atoms with Crippen LogP contribution in [0.25, 0.3) is 0 Å². The van der Waals surface area contributed by atoms with Gasteiger partial charge in [0.05, 0.1) is 23.5 Å². The predicted molar refractivity (Wildman–Crippen MR) is 85.3 cm³/mol. The van der Waals surface area contributed by atoms with Crippen molar-refractivity contribution in [3.63, 3.8) is 0 Å². The highest BCUT2D eigenvalue weighted by molar-refractivity contribution is 6.32. The van der Waals surface area contributed by atoms with E-state index in [2.05, 4.69) is 10.3 Å². The van der Waals surface area contributed by atoms with E-state index < -0.39 is 5.82 Å². The van der Waals surface area contributed by atoms with Crippen LogP contribution in [0.15, 0.2) is 42.7 Å². The van der Waals surface area contributed by atoms with E-state index >= 15 is 0 Å². The highest BCUT2D eigenvalue weighted by Crippen LogP contribution is 2.26. The molecule has 0 unspecified atom stereocenters. The molecule has 1 saturated heterocycles. The van der Waals surface area contributed by atoms with Crippen LogP contribution in [-0.2, 0) is 0 Å². The van der Waals surface area contributed by atoms with Gasteiger partial charge in [-0.1, -0.05) is 23.7 Å². The number of para-hydroxylation sites is 1. The summed E-state index contributed by atoms with van der Waals surface area (Å²) in [6, 6.07) is 8.26. The smallest absolute Gasteiger partial charge is 0.322 e. The Morgan fingerprint density at radius 2 is 2.22 bits per heavy atom. The number of benzene rings is 1. The van der Waals surface area contributed by atoms with Gasteiger partial charge in [-0.15, -0.1) is 0 Å². The highest BCUT2D eigenvalue weighted by atomic mass is 35.5. The average Bonchev–Trinajstić information content (AvgIpc) is 3.01. The Labute approximate surface area is 138 Å². The van der Waals surface area contributed by atoms with Crippen molar-refractivity contribution in [1.82, 2.24) is 9.88 Å². The molecule has 0 aliphatic carbocycles. The molecule has 3 rings (SSSR count). The molecule has 2 heterocycles. The monoisotopic (exact) mass is 335 g/mol. The molecule has 0 spiro atoms. The summed E-state index contributed by atoms with van der Waals surface area (Å²) < 4.78 is 19.3. The van der Waals surface area contributed by atoms with E-state index in [1.54, 1.807) is 17.0 Å². The molecule has 5 nitrogen and oxygen atoms in total. The van der Waals surface area contributed by atoms with E-state index in [1.807, 2.05) is 12.1 Å². The number of carbonyl (C=O) groups is 1. The Morgan fingerprint density at radius 1 is 1.39 bits per heavy atom. The molecule has 7 heteroatoms. The van der Waals surface area contributed by atoms with Crippen LogP contribution >= 0.6 is 11.6 Å². The fraction of sp³-hybridized carbons (Fsp3) is 0.250. The molecule has 1 atom stereocenters. The number of likely N-dealkylation sites (tertiary alicyclic amines) is 1. The third kappa shape index (κ3) is 3.71. The number of pyridine rings is 1. The lowest BCUT2D eigenvalue weighted by atomic mass is 10.3. The molecule has 0 radical (unpaired) electrons. The maximum absolute atomic E-state index is 13.5. The van der Waals surface area contributed by atoms with Crippen molar-refractivity contribution in [3.8, 4) is 5.75 Å².